The zero-order chi connectivity index (χ0) is 19.9. The van der Waals surface area contributed by atoms with Crippen molar-refractivity contribution < 1.29 is 13.9 Å². The van der Waals surface area contributed by atoms with Crippen LogP contribution >= 0.6 is 0 Å². The number of ether oxygens (including phenoxy) is 2. The first-order valence-corrected chi connectivity index (χ1v) is 9.30. The highest BCUT2D eigenvalue weighted by molar-refractivity contribution is 5.69. The number of hydrogen-bond acceptors (Lipinski definition) is 2. The Kier molecular flexibility index (Phi) is 6.34. The zero-order valence-corrected chi connectivity index (χ0v) is 16.4. The van der Waals surface area contributed by atoms with Crippen molar-refractivity contribution >= 4 is 0 Å². The number of halogens is 1. The van der Waals surface area contributed by atoms with Gasteiger partial charge in [0.05, 0.1) is 19.3 Å². The first-order valence-electron chi connectivity index (χ1n) is 9.30. The molecule has 3 aromatic rings. The fourth-order valence-electron chi connectivity index (χ4n) is 2.77. The van der Waals surface area contributed by atoms with E-state index in [0.29, 0.717) is 23.5 Å². The van der Waals surface area contributed by atoms with Crippen LogP contribution in [0.15, 0.2) is 60.7 Å². The number of hydrogen-bond donors (Lipinski definition) is 0. The molecule has 3 aromatic carbocycles. The van der Waals surface area contributed by atoms with Gasteiger partial charge in [-0.2, -0.15) is 0 Å². The standard InChI is InChI=1S/C25H23FO2/c1-4-15-28-22-13-8-19(9-14-22)7-12-21-16-24(26)23(17-25(21)27-3)20-10-5-18(2)6-11-20/h5-6,8-11,13-14,16-17H,4,15H2,1-3H3. The summed E-state index contributed by atoms with van der Waals surface area (Å²) in [4.78, 5) is 0. The Morgan fingerprint density at radius 1 is 0.929 bits per heavy atom. The van der Waals surface area contributed by atoms with Crippen molar-refractivity contribution in [3.63, 3.8) is 0 Å². The average Bonchev–Trinajstić information content (AvgIpc) is 2.72. The van der Waals surface area contributed by atoms with Gasteiger partial charge >= 0.3 is 0 Å². The summed E-state index contributed by atoms with van der Waals surface area (Å²) in [5.74, 6) is 7.12. The lowest BCUT2D eigenvalue weighted by molar-refractivity contribution is 0.317. The third kappa shape index (κ3) is 4.72. The van der Waals surface area contributed by atoms with Gasteiger partial charge in [0.2, 0.25) is 0 Å². The van der Waals surface area contributed by atoms with Crippen LogP contribution in [0.5, 0.6) is 11.5 Å². The molecule has 0 aromatic heterocycles. The minimum atomic E-state index is -0.322. The van der Waals surface area contributed by atoms with Crippen molar-refractivity contribution in [2.45, 2.75) is 20.3 Å². The molecule has 0 aliphatic carbocycles. The van der Waals surface area contributed by atoms with Crippen LogP contribution in [0.3, 0.4) is 0 Å². The molecule has 3 rings (SSSR count). The quantitative estimate of drug-likeness (QED) is 0.510. The smallest absolute Gasteiger partial charge is 0.135 e. The molecule has 0 bridgehead atoms. The fraction of sp³-hybridized carbons (Fsp3) is 0.200. The normalized spacial score (nSPS) is 10.1. The average molecular weight is 374 g/mol. The minimum Gasteiger partial charge on any atom is -0.495 e. The third-order valence-corrected chi connectivity index (χ3v) is 4.32. The second kappa shape index (κ2) is 9.10. The van der Waals surface area contributed by atoms with E-state index in [2.05, 4.69) is 18.8 Å². The van der Waals surface area contributed by atoms with Gasteiger partial charge in [-0.15, -0.1) is 0 Å². The van der Waals surface area contributed by atoms with Crippen LogP contribution in [-0.4, -0.2) is 13.7 Å². The first-order chi connectivity index (χ1) is 13.6. The summed E-state index contributed by atoms with van der Waals surface area (Å²) in [5.41, 5.74) is 3.78. The molecule has 0 unspecified atom stereocenters. The molecule has 0 radical (unpaired) electrons. The molecule has 0 spiro atoms. The second-order valence-electron chi connectivity index (χ2n) is 6.52. The highest BCUT2D eigenvalue weighted by atomic mass is 19.1. The molecule has 2 nitrogen and oxygen atoms in total. The lowest BCUT2D eigenvalue weighted by Crippen LogP contribution is -1.94. The van der Waals surface area contributed by atoms with Gasteiger partial charge in [0.25, 0.3) is 0 Å². The van der Waals surface area contributed by atoms with Gasteiger partial charge in [-0.1, -0.05) is 48.6 Å². The minimum absolute atomic E-state index is 0.322. The van der Waals surface area contributed by atoms with Crippen LogP contribution in [-0.2, 0) is 0 Å². The van der Waals surface area contributed by atoms with Crippen molar-refractivity contribution in [2.24, 2.45) is 0 Å². The van der Waals surface area contributed by atoms with E-state index in [9.17, 15) is 4.39 Å². The van der Waals surface area contributed by atoms with Crippen molar-refractivity contribution in [3.8, 4) is 34.5 Å². The van der Waals surface area contributed by atoms with Crippen LogP contribution in [0.4, 0.5) is 4.39 Å². The largest absolute Gasteiger partial charge is 0.495 e. The van der Waals surface area contributed by atoms with Gasteiger partial charge in [-0.05, 0) is 55.3 Å². The van der Waals surface area contributed by atoms with E-state index in [-0.39, 0.29) is 5.82 Å². The van der Waals surface area contributed by atoms with E-state index in [4.69, 9.17) is 9.47 Å². The third-order valence-electron chi connectivity index (χ3n) is 4.32. The predicted octanol–water partition coefficient (Wildman–Crippen LogP) is 6.00. The summed E-state index contributed by atoms with van der Waals surface area (Å²) in [6.45, 7) is 4.76. The molecular weight excluding hydrogens is 351 g/mol. The van der Waals surface area contributed by atoms with Gasteiger partial charge in [-0.25, -0.2) is 4.39 Å². The number of methoxy groups -OCH3 is 1. The molecule has 142 valence electrons. The maximum absolute atomic E-state index is 14.7. The SMILES string of the molecule is CCCOc1ccc(C#Cc2cc(F)c(-c3ccc(C)cc3)cc2OC)cc1. The highest BCUT2D eigenvalue weighted by Crippen LogP contribution is 2.30. The summed E-state index contributed by atoms with van der Waals surface area (Å²) < 4.78 is 25.7. The van der Waals surface area contributed by atoms with E-state index < -0.39 is 0 Å². The summed E-state index contributed by atoms with van der Waals surface area (Å²) in [5, 5.41) is 0. The predicted molar refractivity (Wildman–Crippen MR) is 111 cm³/mol. The molecule has 0 saturated heterocycles. The van der Waals surface area contributed by atoms with Gasteiger partial charge in [0.1, 0.15) is 17.3 Å². The molecule has 0 heterocycles. The van der Waals surface area contributed by atoms with Gasteiger partial charge in [0.15, 0.2) is 0 Å². The molecule has 0 atom stereocenters. The Morgan fingerprint density at radius 2 is 1.64 bits per heavy atom. The Morgan fingerprint density at radius 3 is 2.29 bits per heavy atom. The monoisotopic (exact) mass is 374 g/mol. The molecule has 0 amide bonds. The van der Waals surface area contributed by atoms with Crippen molar-refractivity contribution in [3.05, 3.63) is 83.2 Å². The Hall–Kier alpha value is -3.25. The zero-order valence-electron chi connectivity index (χ0n) is 16.4. The van der Waals surface area contributed by atoms with Gasteiger partial charge in [-0.3, -0.25) is 0 Å². The molecular formula is C25H23FO2. The van der Waals surface area contributed by atoms with Crippen molar-refractivity contribution in [1.29, 1.82) is 0 Å². The maximum atomic E-state index is 14.7. The van der Waals surface area contributed by atoms with E-state index >= 15 is 0 Å². The van der Waals surface area contributed by atoms with Crippen LogP contribution in [0.25, 0.3) is 11.1 Å². The molecule has 0 fully saturated rings. The Labute approximate surface area is 165 Å². The van der Waals surface area contributed by atoms with E-state index in [1.165, 1.54) is 6.07 Å². The van der Waals surface area contributed by atoms with E-state index in [1.807, 2.05) is 55.5 Å². The topological polar surface area (TPSA) is 18.5 Å². The summed E-state index contributed by atoms with van der Waals surface area (Å²) in [6, 6.07) is 18.4. The number of rotatable bonds is 5. The summed E-state index contributed by atoms with van der Waals surface area (Å²) in [6.07, 6.45) is 0.964. The molecule has 0 aliphatic heterocycles. The molecule has 3 heteroatoms. The van der Waals surface area contributed by atoms with Crippen molar-refractivity contribution in [2.75, 3.05) is 13.7 Å². The van der Waals surface area contributed by atoms with E-state index in [0.717, 1.165) is 28.9 Å². The second-order valence-corrected chi connectivity index (χ2v) is 6.52. The van der Waals surface area contributed by atoms with Crippen LogP contribution in [0, 0.1) is 24.6 Å². The maximum Gasteiger partial charge on any atom is 0.135 e. The van der Waals surface area contributed by atoms with Gasteiger partial charge in [0, 0.05) is 11.1 Å². The first kappa shape index (κ1) is 19.5. The Bertz CT molecular complexity index is 994. The lowest BCUT2D eigenvalue weighted by Gasteiger charge is -2.09. The summed E-state index contributed by atoms with van der Waals surface area (Å²) >= 11 is 0. The number of benzene rings is 3. The van der Waals surface area contributed by atoms with Gasteiger partial charge < -0.3 is 9.47 Å². The fourth-order valence-corrected chi connectivity index (χ4v) is 2.77. The lowest BCUT2D eigenvalue weighted by atomic mass is 10.0. The van der Waals surface area contributed by atoms with Crippen LogP contribution < -0.4 is 9.47 Å². The van der Waals surface area contributed by atoms with Crippen LogP contribution in [0.2, 0.25) is 0 Å². The Balaban J connectivity index is 1.88. The number of aryl methyl sites for hydroxylation is 1. The van der Waals surface area contributed by atoms with Crippen molar-refractivity contribution in [1.82, 2.24) is 0 Å². The summed E-state index contributed by atoms with van der Waals surface area (Å²) in [7, 11) is 1.57. The molecule has 0 aliphatic rings. The van der Waals surface area contributed by atoms with Crippen LogP contribution in [0.1, 0.15) is 30.0 Å². The highest BCUT2D eigenvalue weighted by Gasteiger charge is 2.11. The molecule has 28 heavy (non-hydrogen) atoms. The van der Waals surface area contributed by atoms with E-state index in [1.54, 1.807) is 13.2 Å². The molecule has 0 N–H and O–H groups in total. The molecule has 0 saturated carbocycles.